The molecule has 0 unspecified atom stereocenters. The summed E-state index contributed by atoms with van der Waals surface area (Å²) in [6.45, 7) is 14.4. The van der Waals surface area contributed by atoms with Gasteiger partial charge in [-0.05, 0) is 42.9 Å². The summed E-state index contributed by atoms with van der Waals surface area (Å²) in [5.74, 6) is 1.95. The predicted molar refractivity (Wildman–Crippen MR) is 145 cm³/mol. The molecule has 0 rings (SSSR count). The Balaban J connectivity index is 5.32. The number of hydrogen-bond acceptors (Lipinski definition) is 0. The van der Waals surface area contributed by atoms with E-state index in [9.17, 15) is 0 Å². The molecule has 0 amide bonds. The van der Waals surface area contributed by atoms with Gasteiger partial charge < -0.3 is 0 Å². The Bertz CT molecular complexity index is 314. The normalized spacial score (nSPS) is 12.4. The number of hydrogen-bond donors (Lipinski definition) is 0. The van der Waals surface area contributed by atoms with Crippen LogP contribution in [0.25, 0.3) is 0 Å². The molecule has 188 valence electrons. The molecule has 0 aliphatic rings. The summed E-state index contributed by atoms with van der Waals surface area (Å²) >= 11 is 0. The number of rotatable bonds is 24. The zero-order valence-electron chi connectivity index (χ0n) is 23.2. The first-order chi connectivity index (χ1) is 15.1. The van der Waals surface area contributed by atoms with Crippen molar-refractivity contribution in [3.63, 3.8) is 0 Å². The van der Waals surface area contributed by atoms with Crippen molar-refractivity contribution in [3.05, 3.63) is 0 Å². The minimum absolute atomic E-state index is 0.641. The monoisotopic (exact) mass is 437 g/mol. The van der Waals surface area contributed by atoms with Gasteiger partial charge in [0, 0.05) is 0 Å². The first kappa shape index (κ1) is 31.0. The quantitative estimate of drug-likeness (QED) is 0.132. The fraction of sp³-hybridized carbons (Fsp3) is 1.00. The third-order valence-corrected chi connectivity index (χ3v) is 7.85. The lowest BCUT2D eigenvalue weighted by Gasteiger charge is -2.40. The van der Waals surface area contributed by atoms with Gasteiger partial charge in [0.2, 0.25) is 0 Å². The van der Waals surface area contributed by atoms with Crippen LogP contribution >= 0.6 is 0 Å². The lowest BCUT2D eigenvalue weighted by Crippen LogP contribution is -2.28. The summed E-state index contributed by atoms with van der Waals surface area (Å²) in [4.78, 5) is 0. The second-order valence-corrected chi connectivity index (χ2v) is 11.1. The SMILES string of the molecule is CCCCCCCCCC(CCCCC)(CC(CCC)CCC)CC(CCC)CCC. The fourth-order valence-corrected chi connectivity index (χ4v) is 6.38. The molecule has 0 N–H and O–H groups in total. The van der Waals surface area contributed by atoms with E-state index in [1.165, 1.54) is 141 Å². The first-order valence-corrected chi connectivity index (χ1v) is 15.1. The highest BCUT2D eigenvalue weighted by atomic mass is 14.4. The molecule has 0 radical (unpaired) electrons. The summed E-state index contributed by atoms with van der Waals surface area (Å²) in [6, 6.07) is 0. The van der Waals surface area contributed by atoms with Gasteiger partial charge in [-0.1, -0.05) is 157 Å². The Morgan fingerprint density at radius 1 is 0.387 bits per heavy atom. The van der Waals surface area contributed by atoms with Gasteiger partial charge in [0.25, 0.3) is 0 Å². The molecule has 0 heterocycles. The predicted octanol–water partition coefficient (Wildman–Crippen LogP) is 11.9. The Labute approximate surface area is 200 Å². The number of unbranched alkanes of at least 4 members (excludes halogenated alkanes) is 8. The van der Waals surface area contributed by atoms with E-state index in [4.69, 9.17) is 0 Å². The van der Waals surface area contributed by atoms with E-state index in [1.54, 1.807) is 0 Å². The van der Waals surface area contributed by atoms with Crippen molar-refractivity contribution in [2.24, 2.45) is 17.3 Å². The maximum atomic E-state index is 2.41. The van der Waals surface area contributed by atoms with Gasteiger partial charge in [-0.2, -0.15) is 0 Å². The third kappa shape index (κ3) is 16.3. The van der Waals surface area contributed by atoms with Crippen LogP contribution in [0, 0.1) is 17.3 Å². The van der Waals surface area contributed by atoms with Crippen molar-refractivity contribution in [2.45, 2.75) is 183 Å². The Morgan fingerprint density at radius 2 is 0.710 bits per heavy atom. The van der Waals surface area contributed by atoms with Crippen LogP contribution < -0.4 is 0 Å². The molecule has 0 bridgehead atoms. The van der Waals surface area contributed by atoms with Crippen LogP contribution in [0.3, 0.4) is 0 Å². The topological polar surface area (TPSA) is 0 Å². The summed E-state index contributed by atoms with van der Waals surface area (Å²) < 4.78 is 0. The lowest BCUT2D eigenvalue weighted by atomic mass is 9.65. The van der Waals surface area contributed by atoms with Gasteiger partial charge in [0.15, 0.2) is 0 Å². The van der Waals surface area contributed by atoms with E-state index in [1.807, 2.05) is 0 Å². The average molecular weight is 437 g/mol. The lowest BCUT2D eigenvalue weighted by molar-refractivity contribution is 0.110. The zero-order valence-corrected chi connectivity index (χ0v) is 23.2. The van der Waals surface area contributed by atoms with Crippen LogP contribution in [0.1, 0.15) is 183 Å². The molecule has 0 saturated heterocycles. The van der Waals surface area contributed by atoms with Crippen molar-refractivity contribution < 1.29 is 0 Å². The van der Waals surface area contributed by atoms with Gasteiger partial charge in [-0.25, -0.2) is 0 Å². The minimum Gasteiger partial charge on any atom is -0.0654 e. The highest BCUT2D eigenvalue weighted by Crippen LogP contribution is 2.46. The van der Waals surface area contributed by atoms with Crippen LogP contribution in [0.2, 0.25) is 0 Å². The van der Waals surface area contributed by atoms with Crippen LogP contribution in [-0.2, 0) is 0 Å². The molecule has 0 fully saturated rings. The molecule has 31 heavy (non-hydrogen) atoms. The van der Waals surface area contributed by atoms with Gasteiger partial charge in [-0.15, -0.1) is 0 Å². The van der Waals surface area contributed by atoms with Gasteiger partial charge >= 0.3 is 0 Å². The van der Waals surface area contributed by atoms with Crippen molar-refractivity contribution in [3.8, 4) is 0 Å². The summed E-state index contributed by atoms with van der Waals surface area (Å²) in [6.07, 6.45) is 32.0. The largest absolute Gasteiger partial charge is 0.0654 e. The Morgan fingerprint density at radius 3 is 1.10 bits per heavy atom. The van der Waals surface area contributed by atoms with E-state index < -0.39 is 0 Å². The molecule has 0 spiro atoms. The third-order valence-electron chi connectivity index (χ3n) is 7.85. The Hall–Kier alpha value is 0. The molecule has 0 aliphatic heterocycles. The second-order valence-electron chi connectivity index (χ2n) is 11.1. The highest BCUT2D eigenvalue weighted by molar-refractivity contribution is 4.85. The molecule has 0 aliphatic carbocycles. The molecular weight excluding hydrogens is 372 g/mol. The van der Waals surface area contributed by atoms with Gasteiger partial charge in [-0.3, -0.25) is 0 Å². The van der Waals surface area contributed by atoms with Crippen molar-refractivity contribution in [1.29, 1.82) is 0 Å². The molecule has 0 atom stereocenters. The molecule has 0 heteroatoms. The van der Waals surface area contributed by atoms with E-state index in [2.05, 4.69) is 41.5 Å². The minimum atomic E-state index is 0.641. The van der Waals surface area contributed by atoms with Crippen molar-refractivity contribution >= 4 is 0 Å². The summed E-state index contributed by atoms with van der Waals surface area (Å²) in [5.41, 5.74) is 0.641. The van der Waals surface area contributed by atoms with E-state index in [-0.39, 0.29) is 0 Å². The first-order valence-electron chi connectivity index (χ1n) is 15.1. The van der Waals surface area contributed by atoms with Crippen molar-refractivity contribution in [2.75, 3.05) is 0 Å². The zero-order chi connectivity index (χ0) is 23.2. The van der Waals surface area contributed by atoms with Gasteiger partial charge in [0.05, 0.1) is 0 Å². The molecule has 0 aromatic rings. The van der Waals surface area contributed by atoms with Crippen LogP contribution in [-0.4, -0.2) is 0 Å². The van der Waals surface area contributed by atoms with Crippen LogP contribution in [0.15, 0.2) is 0 Å². The van der Waals surface area contributed by atoms with Crippen molar-refractivity contribution in [1.82, 2.24) is 0 Å². The molecular formula is C31H64. The van der Waals surface area contributed by atoms with Gasteiger partial charge in [0.1, 0.15) is 0 Å². The average Bonchev–Trinajstić information content (AvgIpc) is 2.74. The molecule has 0 saturated carbocycles. The maximum absolute atomic E-state index is 2.41. The molecule has 0 aromatic carbocycles. The van der Waals surface area contributed by atoms with E-state index >= 15 is 0 Å². The fourth-order valence-electron chi connectivity index (χ4n) is 6.38. The van der Waals surface area contributed by atoms with Crippen LogP contribution in [0.5, 0.6) is 0 Å². The smallest absolute Gasteiger partial charge is 0.0292 e. The van der Waals surface area contributed by atoms with Crippen LogP contribution in [0.4, 0.5) is 0 Å². The Kier molecular flexibility index (Phi) is 21.8. The van der Waals surface area contributed by atoms with E-state index in [0.29, 0.717) is 5.41 Å². The molecule has 0 aromatic heterocycles. The maximum Gasteiger partial charge on any atom is -0.0292 e. The highest BCUT2D eigenvalue weighted by Gasteiger charge is 2.34. The second kappa shape index (κ2) is 21.8. The van der Waals surface area contributed by atoms with E-state index in [0.717, 1.165) is 11.8 Å². The molecule has 0 nitrogen and oxygen atoms in total. The standard InChI is InChI=1S/C31H64/c1-7-13-15-16-17-18-20-26-31(25-19-14-8-2,27-29(21-9-3)22-10-4)28-30(23-11-5)24-12-6/h29-30H,7-28H2,1-6H3. The summed E-state index contributed by atoms with van der Waals surface area (Å²) in [5, 5.41) is 0. The summed E-state index contributed by atoms with van der Waals surface area (Å²) in [7, 11) is 0.